The van der Waals surface area contributed by atoms with Crippen molar-refractivity contribution in [3.63, 3.8) is 0 Å². The Hall–Kier alpha value is -1.62. The zero-order chi connectivity index (χ0) is 23.4. The molecule has 0 aliphatic rings. The summed E-state index contributed by atoms with van der Waals surface area (Å²) >= 11 is 0. The minimum atomic E-state index is -0.251. The van der Waals surface area contributed by atoms with Crippen LogP contribution < -0.4 is 10.6 Å². The third-order valence-electron chi connectivity index (χ3n) is 5.11. The summed E-state index contributed by atoms with van der Waals surface area (Å²) in [4.78, 5) is 21.2. The quantitative estimate of drug-likeness (QED) is 0.156. The van der Waals surface area contributed by atoms with Gasteiger partial charge in [-0.1, -0.05) is 116 Å². The third kappa shape index (κ3) is 30.7. The molecule has 5 heteroatoms. The van der Waals surface area contributed by atoms with E-state index >= 15 is 0 Å². The van der Waals surface area contributed by atoms with Gasteiger partial charge in [-0.3, -0.25) is 9.59 Å². The van der Waals surface area contributed by atoms with Crippen LogP contribution in [0.2, 0.25) is 0 Å². The van der Waals surface area contributed by atoms with Crippen LogP contribution in [0.3, 0.4) is 0 Å². The molecular weight excluding hydrogens is 388 g/mol. The molecule has 0 fully saturated rings. The summed E-state index contributed by atoms with van der Waals surface area (Å²) in [7, 11) is 0. The maximum atomic E-state index is 10.9. The second-order valence-electron chi connectivity index (χ2n) is 8.02. The largest absolute Gasteiger partial charge is 0.395 e. The number of carbonyl (C=O) groups is 2. The number of aliphatic hydroxyl groups excluding tert-OH is 1. The highest BCUT2D eigenvalue weighted by atomic mass is 16.3. The molecule has 0 aromatic carbocycles. The lowest BCUT2D eigenvalue weighted by Crippen LogP contribution is -2.23. The van der Waals surface area contributed by atoms with Crippen molar-refractivity contribution in [2.24, 2.45) is 0 Å². The second kappa shape index (κ2) is 28.4. The predicted octanol–water partition coefficient (Wildman–Crippen LogP) is 5.83. The number of nitrogens with one attached hydrogen (secondary N) is 2. The Morgan fingerprint density at radius 1 is 0.613 bits per heavy atom. The fourth-order valence-corrected chi connectivity index (χ4v) is 3.21. The summed E-state index contributed by atoms with van der Waals surface area (Å²) < 4.78 is 0. The van der Waals surface area contributed by atoms with Crippen LogP contribution in [0.25, 0.3) is 0 Å². The van der Waals surface area contributed by atoms with E-state index in [9.17, 15) is 9.59 Å². The number of unbranched alkanes of at least 4 members (excludes halogenated alkanes) is 15. The molecule has 5 nitrogen and oxygen atoms in total. The van der Waals surface area contributed by atoms with Crippen molar-refractivity contribution in [2.45, 2.75) is 110 Å². The maximum Gasteiger partial charge on any atom is 0.243 e. The summed E-state index contributed by atoms with van der Waals surface area (Å²) in [5, 5.41) is 13.4. The van der Waals surface area contributed by atoms with Crippen molar-refractivity contribution < 1.29 is 14.7 Å². The lowest BCUT2D eigenvalue weighted by Gasteiger charge is -2.04. The number of hydrogen-bond acceptors (Lipinski definition) is 3. The summed E-state index contributed by atoms with van der Waals surface area (Å²) in [6, 6.07) is 0. The van der Waals surface area contributed by atoms with Crippen molar-refractivity contribution in [3.05, 3.63) is 25.3 Å². The number of amides is 2. The summed E-state index contributed by atoms with van der Waals surface area (Å²) in [5.74, 6) is -0.301. The van der Waals surface area contributed by atoms with Crippen LogP contribution in [-0.2, 0) is 9.59 Å². The molecule has 0 aliphatic heterocycles. The molecule has 0 bridgehead atoms. The van der Waals surface area contributed by atoms with Crippen LogP contribution >= 0.6 is 0 Å². The van der Waals surface area contributed by atoms with Gasteiger partial charge in [0.2, 0.25) is 11.8 Å². The van der Waals surface area contributed by atoms with Crippen molar-refractivity contribution >= 4 is 11.8 Å². The summed E-state index contributed by atoms with van der Waals surface area (Å²) in [6.07, 6.45) is 24.6. The van der Waals surface area contributed by atoms with Crippen molar-refractivity contribution in [2.75, 3.05) is 19.7 Å². The van der Waals surface area contributed by atoms with E-state index in [4.69, 9.17) is 5.11 Å². The first-order valence-electron chi connectivity index (χ1n) is 12.5. The fourth-order valence-electron chi connectivity index (χ4n) is 3.21. The Kier molecular flexibility index (Phi) is 28.9. The van der Waals surface area contributed by atoms with Gasteiger partial charge in [0.25, 0.3) is 0 Å². The Balaban J connectivity index is 0. The van der Waals surface area contributed by atoms with Gasteiger partial charge in [-0.25, -0.2) is 0 Å². The first kappa shape index (κ1) is 31.6. The number of carbonyl (C=O) groups excluding carboxylic acids is 2. The molecule has 0 unspecified atom stereocenters. The van der Waals surface area contributed by atoms with E-state index < -0.39 is 0 Å². The molecule has 0 atom stereocenters. The van der Waals surface area contributed by atoms with Crippen LogP contribution in [0, 0.1) is 0 Å². The van der Waals surface area contributed by atoms with Gasteiger partial charge in [0.05, 0.1) is 6.61 Å². The third-order valence-corrected chi connectivity index (χ3v) is 5.11. The van der Waals surface area contributed by atoms with E-state index in [0.717, 1.165) is 19.0 Å². The minimum Gasteiger partial charge on any atom is -0.395 e. The Morgan fingerprint density at radius 2 is 0.935 bits per heavy atom. The van der Waals surface area contributed by atoms with Gasteiger partial charge < -0.3 is 15.7 Å². The standard InChI is InChI=1S/C21H41NO.C5H9NO2/c1-3-5-6-7-8-9-10-11-12-13-14-15-16-17-18-19-20-22-21(23)4-2;1-2-5(8)6-3-4-7/h4H,2-3,5-20H2,1H3,(H,22,23);2,7H,1,3-4H2,(H,6,8). The SMILES string of the molecule is C=CC(=O)NCCCCCCCCCCCCCCCCCC.C=CC(=O)NCCO. The molecule has 0 radical (unpaired) electrons. The second-order valence-corrected chi connectivity index (χ2v) is 8.02. The molecule has 0 aromatic rings. The highest BCUT2D eigenvalue weighted by Crippen LogP contribution is 2.13. The van der Waals surface area contributed by atoms with E-state index in [0.29, 0.717) is 6.54 Å². The van der Waals surface area contributed by atoms with E-state index in [1.165, 1.54) is 102 Å². The molecule has 0 heterocycles. The number of rotatable bonds is 21. The minimum absolute atomic E-state index is 0.0282. The zero-order valence-corrected chi connectivity index (χ0v) is 20.3. The smallest absolute Gasteiger partial charge is 0.243 e. The normalized spacial score (nSPS) is 10.0. The van der Waals surface area contributed by atoms with Crippen LogP contribution in [-0.4, -0.2) is 36.6 Å². The lowest BCUT2D eigenvalue weighted by molar-refractivity contribution is -0.117. The molecule has 0 spiro atoms. The van der Waals surface area contributed by atoms with E-state index in [2.05, 4.69) is 30.7 Å². The van der Waals surface area contributed by atoms with Gasteiger partial charge >= 0.3 is 0 Å². The lowest BCUT2D eigenvalue weighted by atomic mass is 10.0. The van der Waals surface area contributed by atoms with Gasteiger partial charge in [-0.05, 0) is 18.6 Å². The predicted molar refractivity (Wildman–Crippen MR) is 133 cm³/mol. The van der Waals surface area contributed by atoms with Crippen LogP contribution in [0.5, 0.6) is 0 Å². The average Bonchev–Trinajstić information content (AvgIpc) is 2.79. The molecule has 0 saturated heterocycles. The van der Waals surface area contributed by atoms with Crippen molar-refractivity contribution in [1.82, 2.24) is 10.6 Å². The first-order valence-corrected chi connectivity index (χ1v) is 12.5. The number of aliphatic hydroxyl groups is 1. The van der Waals surface area contributed by atoms with E-state index in [1.54, 1.807) is 0 Å². The van der Waals surface area contributed by atoms with E-state index in [-0.39, 0.29) is 18.4 Å². The maximum absolute atomic E-state index is 10.9. The molecule has 0 rings (SSSR count). The summed E-state index contributed by atoms with van der Waals surface area (Å²) in [5.41, 5.74) is 0. The summed E-state index contributed by atoms with van der Waals surface area (Å²) in [6.45, 7) is 10.0. The highest BCUT2D eigenvalue weighted by Gasteiger charge is 1.95. The van der Waals surface area contributed by atoms with Gasteiger partial charge in [0.1, 0.15) is 0 Å². The molecule has 3 N–H and O–H groups in total. The zero-order valence-electron chi connectivity index (χ0n) is 20.3. The van der Waals surface area contributed by atoms with Gasteiger partial charge in [0, 0.05) is 13.1 Å². The number of hydrogen-bond donors (Lipinski definition) is 3. The molecule has 0 aromatic heterocycles. The molecule has 31 heavy (non-hydrogen) atoms. The molecular formula is C26H50N2O3. The molecule has 2 amide bonds. The Morgan fingerprint density at radius 3 is 1.26 bits per heavy atom. The molecule has 182 valence electrons. The topological polar surface area (TPSA) is 78.4 Å². The van der Waals surface area contributed by atoms with Gasteiger partial charge in [-0.2, -0.15) is 0 Å². The van der Waals surface area contributed by atoms with Crippen molar-refractivity contribution in [1.29, 1.82) is 0 Å². The van der Waals surface area contributed by atoms with Crippen LogP contribution in [0.1, 0.15) is 110 Å². The Bertz CT molecular complexity index is 425. The highest BCUT2D eigenvalue weighted by molar-refractivity contribution is 5.87. The molecule has 0 aliphatic carbocycles. The van der Waals surface area contributed by atoms with Crippen LogP contribution in [0.15, 0.2) is 25.3 Å². The van der Waals surface area contributed by atoms with Crippen molar-refractivity contribution in [3.8, 4) is 0 Å². The van der Waals surface area contributed by atoms with Gasteiger partial charge in [0.15, 0.2) is 0 Å². The monoisotopic (exact) mass is 438 g/mol. The molecule has 0 saturated carbocycles. The first-order chi connectivity index (χ1) is 15.1. The Labute approximate surface area is 192 Å². The van der Waals surface area contributed by atoms with Gasteiger partial charge in [-0.15, -0.1) is 0 Å². The van der Waals surface area contributed by atoms with Crippen LogP contribution in [0.4, 0.5) is 0 Å². The van der Waals surface area contributed by atoms with E-state index in [1.807, 2.05) is 0 Å². The fraction of sp³-hybridized carbons (Fsp3) is 0.769. The average molecular weight is 439 g/mol.